The Morgan fingerprint density at radius 1 is 0.889 bits per heavy atom. The van der Waals surface area contributed by atoms with Crippen LogP contribution in [0.3, 0.4) is 0 Å². The van der Waals surface area contributed by atoms with Gasteiger partial charge < -0.3 is 4.74 Å². The van der Waals surface area contributed by atoms with E-state index in [1.165, 1.54) is 51.0 Å². The number of halogens is 3. The van der Waals surface area contributed by atoms with E-state index in [1.54, 1.807) is 6.07 Å². The molecule has 0 bridgehead atoms. The van der Waals surface area contributed by atoms with Crippen LogP contribution in [-0.4, -0.2) is 6.36 Å². The molecule has 2 aliphatic carbocycles. The van der Waals surface area contributed by atoms with Crippen molar-refractivity contribution < 1.29 is 17.9 Å². The number of hydrogen-bond donors (Lipinski definition) is 0. The summed E-state index contributed by atoms with van der Waals surface area (Å²) in [6.45, 7) is 2.27. The molecule has 2 saturated carbocycles. The number of ether oxygens (including phenoxy) is 1. The molecule has 0 atom stereocenters. The summed E-state index contributed by atoms with van der Waals surface area (Å²) in [5.74, 6) is 2.73. The maximum absolute atomic E-state index is 12.7. The van der Waals surface area contributed by atoms with Gasteiger partial charge in [-0.1, -0.05) is 57.2 Å². The van der Waals surface area contributed by atoms with Gasteiger partial charge in [0, 0.05) is 0 Å². The quantitative estimate of drug-likeness (QED) is 0.486. The number of para-hydroxylation sites is 1. The van der Waals surface area contributed by atoms with Gasteiger partial charge in [-0.2, -0.15) is 0 Å². The molecule has 2 fully saturated rings. The minimum Gasteiger partial charge on any atom is -0.405 e. The van der Waals surface area contributed by atoms with E-state index in [0.29, 0.717) is 0 Å². The fourth-order valence-corrected chi connectivity index (χ4v) is 5.38. The van der Waals surface area contributed by atoms with Crippen LogP contribution in [0.4, 0.5) is 13.2 Å². The highest BCUT2D eigenvalue weighted by molar-refractivity contribution is 5.36. The topological polar surface area (TPSA) is 9.23 Å². The lowest BCUT2D eigenvalue weighted by atomic mass is 9.68. The number of benzene rings is 1. The Bertz CT molecular complexity index is 567. The highest BCUT2D eigenvalue weighted by Gasteiger charge is 2.35. The molecule has 1 aromatic carbocycles. The van der Waals surface area contributed by atoms with Gasteiger partial charge in [-0.25, -0.2) is 0 Å². The second kappa shape index (κ2) is 9.34. The Kier molecular flexibility index (Phi) is 7.10. The minimum atomic E-state index is -4.62. The Hall–Kier alpha value is -1.19. The molecule has 2 aliphatic rings. The molecular weight excluding hydrogens is 349 g/mol. The molecule has 0 aromatic heterocycles. The smallest absolute Gasteiger partial charge is 0.405 e. The third-order valence-electron chi connectivity index (χ3n) is 6.88. The standard InChI is InChI=1S/C23H33F3O/c1-2-3-6-17-9-11-18(12-10-17)19-13-15-20(16-14-19)21-7-4-5-8-22(21)27-23(24,25)26/h4-5,7-8,17-20H,2-3,6,9-16H2,1H3/t17-,18-,19?,20?. The zero-order valence-corrected chi connectivity index (χ0v) is 16.4. The average molecular weight is 383 g/mol. The zero-order valence-electron chi connectivity index (χ0n) is 16.4. The van der Waals surface area contributed by atoms with E-state index in [2.05, 4.69) is 11.7 Å². The van der Waals surface area contributed by atoms with Crippen molar-refractivity contribution in [1.29, 1.82) is 0 Å². The largest absolute Gasteiger partial charge is 0.573 e. The van der Waals surface area contributed by atoms with E-state index in [-0.39, 0.29) is 11.7 Å². The maximum Gasteiger partial charge on any atom is 0.573 e. The van der Waals surface area contributed by atoms with Gasteiger partial charge in [0.05, 0.1) is 0 Å². The van der Waals surface area contributed by atoms with Crippen LogP contribution in [0.1, 0.15) is 89.0 Å². The van der Waals surface area contributed by atoms with Crippen LogP contribution >= 0.6 is 0 Å². The molecule has 0 heterocycles. The summed E-state index contributed by atoms with van der Waals surface area (Å²) < 4.78 is 42.3. The first-order chi connectivity index (χ1) is 13.0. The van der Waals surface area contributed by atoms with Gasteiger partial charge in [0.2, 0.25) is 0 Å². The molecule has 0 aliphatic heterocycles. The normalized spacial score (nSPS) is 29.5. The molecule has 3 rings (SSSR count). The van der Waals surface area contributed by atoms with Gasteiger partial charge in [0.25, 0.3) is 0 Å². The first-order valence-electron chi connectivity index (χ1n) is 10.8. The molecule has 4 heteroatoms. The molecule has 0 N–H and O–H groups in total. The van der Waals surface area contributed by atoms with Gasteiger partial charge in [0.1, 0.15) is 5.75 Å². The summed E-state index contributed by atoms with van der Waals surface area (Å²) in [5.41, 5.74) is 0.733. The van der Waals surface area contributed by atoms with Crippen molar-refractivity contribution in [1.82, 2.24) is 0 Å². The third-order valence-corrected chi connectivity index (χ3v) is 6.88. The summed E-state index contributed by atoms with van der Waals surface area (Å²) in [5, 5.41) is 0. The molecule has 1 aromatic rings. The molecule has 0 unspecified atom stereocenters. The van der Waals surface area contributed by atoms with E-state index in [0.717, 1.165) is 49.0 Å². The number of alkyl halides is 3. The van der Waals surface area contributed by atoms with Crippen LogP contribution in [0.5, 0.6) is 5.75 Å². The monoisotopic (exact) mass is 382 g/mol. The number of unbranched alkanes of at least 4 members (excludes halogenated alkanes) is 1. The first-order valence-corrected chi connectivity index (χ1v) is 10.8. The number of hydrogen-bond acceptors (Lipinski definition) is 1. The lowest BCUT2D eigenvalue weighted by molar-refractivity contribution is -0.275. The molecule has 27 heavy (non-hydrogen) atoms. The lowest BCUT2D eigenvalue weighted by Gasteiger charge is -2.38. The molecule has 0 radical (unpaired) electrons. The van der Waals surface area contributed by atoms with E-state index >= 15 is 0 Å². The highest BCUT2D eigenvalue weighted by Crippen LogP contribution is 2.46. The zero-order chi connectivity index (χ0) is 19.3. The van der Waals surface area contributed by atoms with Crippen molar-refractivity contribution in [3.05, 3.63) is 29.8 Å². The summed E-state index contributed by atoms with van der Waals surface area (Å²) in [6.07, 6.45) is 9.18. The van der Waals surface area contributed by atoms with E-state index in [4.69, 9.17) is 0 Å². The van der Waals surface area contributed by atoms with Gasteiger partial charge in [-0.3, -0.25) is 0 Å². The SMILES string of the molecule is CCCC[C@H]1CC[C@H](C2CCC(c3ccccc3OC(F)(F)F)CC2)CC1. The molecule has 0 saturated heterocycles. The van der Waals surface area contributed by atoms with Crippen LogP contribution in [0.2, 0.25) is 0 Å². The van der Waals surface area contributed by atoms with Crippen molar-refractivity contribution in [2.45, 2.75) is 89.8 Å². The van der Waals surface area contributed by atoms with Crippen molar-refractivity contribution in [3.8, 4) is 5.75 Å². The second-order valence-electron chi connectivity index (χ2n) is 8.62. The molecule has 1 nitrogen and oxygen atoms in total. The van der Waals surface area contributed by atoms with Gasteiger partial charge in [-0.05, 0) is 73.8 Å². The van der Waals surface area contributed by atoms with Gasteiger partial charge >= 0.3 is 6.36 Å². The summed E-state index contributed by atoms with van der Waals surface area (Å²) >= 11 is 0. The van der Waals surface area contributed by atoms with Crippen LogP contribution in [0.15, 0.2) is 24.3 Å². The van der Waals surface area contributed by atoms with Crippen LogP contribution in [0.25, 0.3) is 0 Å². The predicted octanol–water partition coefficient (Wildman–Crippen LogP) is 7.86. The van der Waals surface area contributed by atoms with Crippen LogP contribution in [0, 0.1) is 17.8 Å². The van der Waals surface area contributed by atoms with Crippen LogP contribution < -0.4 is 4.74 Å². The van der Waals surface area contributed by atoms with E-state index in [9.17, 15) is 13.2 Å². The molecule has 0 amide bonds. The Labute approximate surface area is 161 Å². The third kappa shape index (κ3) is 5.89. The van der Waals surface area contributed by atoms with Crippen molar-refractivity contribution in [2.24, 2.45) is 17.8 Å². The number of rotatable bonds is 6. The molecular formula is C23H33F3O. The van der Waals surface area contributed by atoms with Crippen LogP contribution in [-0.2, 0) is 0 Å². The molecule has 152 valence electrons. The highest BCUT2D eigenvalue weighted by atomic mass is 19.4. The maximum atomic E-state index is 12.7. The Balaban J connectivity index is 1.51. The van der Waals surface area contributed by atoms with E-state index in [1.807, 2.05) is 12.1 Å². The van der Waals surface area contributed by atoms with Gasteiger partial charge in [-0.15, -0.1) is 13.2 Å². The van der Waals surface area contributed by atoms with Gasteiger partial charge in [0.15, 0.2) is 0 Å². The second-order valence-corrected chi connectivity index (χ2v) is 8.62. The summed E-state index contributed by atoms with van der Waals surface area (Å²) in [6, 6.07) is 6.70. The van der Waals surface area contributed by atoms with Crippen molar-refractivity contribution in [2.75, 3.05) is 0 Å². The Morgan fingerprint density at radius 3 is 2.07 bits per heavy atom. The predicted molar refractivity (Wildman–Crippen MR) is 103 cm³/mol. The van der Waals surface area contributed by atoms with Crippen molar-refractivity contribution >= 4 is 0 Å². The summed E-state index contributed by atoms with van der Waals surface area (Å²) in [4.78, 5) is 0. The van der Waals surface area contributed by atoms with E-state index < -0.39 is 6.36 Å². The first kappa shape index (κ1) is 20.5. The Morgan fingerprint density at radius 2 is 1.48 bits per heavy atom. The fraction of sp³-hybridized carbons (Fsp3) is 0.739. The summed E-state index contributed by atoms with van der Waals surface area (Å²) in [7, 11) is 0. The average Bonchev–Trinajstić information content (AvgIpc) is 2.66. The lowest BCUT2D eigenvalue weighted by Crippen LogP contribution is -2.26. The fourth-order valence-electron chi connectivity index (χ4n) is 5.38. The van der Waals surface area contributed by atoms with Crippen molar-refractivity contribution in [3.63, 3.8) is 0 Å². The minimum absolute atomic E-state index is 0.00937. The molecule has 0 spiro atoms.